The van der Waals surface area contributed by atoms with Crippen LogP contribution in [-0.4, -0.2) is 25.6 Å². The van der Waals surface area contributed by atoms with Gasteiger partial charge in [0.15, 0.2) is 17.1 Å². The molecule has 1 aliphatic rings. The topological polar surface area (TPSA) is 71.2 Å². The number of hydrogen-bond donors (Lipinski definition) is 0. The number of nitrogens with zero attached hydrogens (tertiary/aromatic N) is 4. The molecule has 1 aliphatic heterocycles. The van der Waals surface area contributed by atoms with E-state index in [1.807, 2.05) is 6.92 Å². The van der Waals surface area contributed by atoms with E-state index >= 15 is 0 Å². The molecule has 0 aliphatic carbocycles. The standard InChI is InChI=1S/C15H12F2N4O3/c1-2-21-13-10(6-19-21)14(22)20(8-18-13)7-9-4-3-5-11-12(9)24-15(16,17)23-11/h3-6,8H,2,7H2,1H3. The lowest BCUT2D eigenvalue weighted by molar-refractivity contribution is -0.286. The van der Waals surface area contributed by atoms with Gasteiger partial charge < -0.3 is 9.47 Å². The first-order valence-corrected chi connectivity index (χ1v) is 7.27. The van der Waals surface area contributed by atoms with Crippen LogP contribution in [0.3, 0.4) is 0 Å². The lowest BCUT2D eigenvalue weighted by atomic mass is 10.2. The Morgan fingerprint density at radius 1 is 1.29 bits per heavy atom. The van der Waals surface area contributed by atoms with Gasteiger partial charge in [-0.3, -0.25) is 9.36 Å². The van der Waals surface area contributed by atoms with Crippen molar-refractivity contribution in [1.29, 1.82) is 0 Å². The average molecular weight is 334 g/mol. The van der Waals surface area contributed by atoms with Gasteiger partial charge in [-0.15, -0.1) is 8.78 Å². The number of aryl methyl sites for hydroxylation is 1. The normalized spacial score (nSPS) is 15.1. The van der Waals surface area contributed by atoms with Crippen LogP contribution in [-0.2, 0) is 13.1 Å². The summed E-state index contributed by atoms with van der Waals surface area (Å²) in [6, 6.07) is 4.54. The molecule has 3 heterocycles. The van der Waals surface area contributed by atoms with Gasteiger partial charge in [-0.1, -0.05) is 12.1 Å². The summed E-state index contributed by atoms with van der Waals surface area (Å²) in [5, 5.41) is 4.47. The van der Waals surface area contributed by atoms with Crippen LogP contribution in [0.1, 0.15) is 12.5 Å². The summed E-state index contributed by atoms with van der Waals surface area (Å²) in [6.45, 7) is 2.51. The quantitative estimate of drug-likeness (QED) is 0.732. The van der Waals surface area contributed by atoms with Crippen molar-refractivity contribution in [2.45, 2.75) is 26.3 Å². The Bertz CT molecular complexity index is 996. The number of para-hydroxylation sites is 1. The molecule has 0 fully saturated rings. The van der Waals surface area contributed by atoms with Crippen molar-refractivity contribution < 1.29 is 18.3 Å². The van der Waals surface area contributed by atoms with Crippen LogP contribution >= 0.6 is 0 Å². The molecule has 0 atom stereocenters. The monoisotopic (exact) mass is 334 g/mol. The number of fused-ring (bicyclic) bond motifs is 2. The molecule has 7 nitrogen and oxygen atoms in total. The molecule has 2 aromatic heterocycles. The maximum Gasteiger partial charge on any atom is 0.586 e. The third kappa shape index (κ3) is 2.20. The van der Waals surface area contributed by atoms with E-state index in [1.54, 1.807) is 16.8 Å². The van der Waals surface area contributed by atoms with Crippen molar-refractivity contribution in [3.8, 4) is 11.5 Å². The Morgan fingerprint density at radius 2 is 2.12 bits per heavy atom. The second-order valence-electron chi connectivity index (χ2n) is 5.29. The smallest absolute Gasteiger partial charge is 0.395 e. The highest BCUT2D eigenvalue weighted by Gasteiger charge is 2.44. The van der Waals surface area contributed by atoms with Gasteiger partial charge in [-0.05, 0) is 13.0 Å². The fraction of sp³-hybridized carbons (Fsp3) is 0.267. The van der Waals surface area contributed by atoms with Gasteiger partial charge in [0.05, 0.1) is 12.7 Å². The molecule has 0 bridgehead atoms. The van der Waals surface area contributed by atoms with Crippen LogP contribution < -0.4 is 15.0 Å². The maximum atomic E-state index is 13.2. The molecular formula is C15H12F2N4O3. The molecule has 0 spiro atoms. The van der Waals surface area contributed by atoms with Gasteiger partial charge in [-0.25, -0.2) is 9.67 Å². The summed E-state index contributed by atoms with van der Waals surface area (Å²) >= 11 is 0. The van der Waals surface area contributed by atoms with Crippen LogP contribution in [0.5, 0.6) is 11.5 Å². The van der Waals surface area contributed by atoms with Gasteiger partial charge >= 0.3 is 6.29 Å². The number of benzene rings is 1. The second kappa shape index (κ2) is 5.02. The number of aromatic nitrogens is 4. The molecule has 9 heteroatoms. The predicted octanol–water partition coefficient (Wildman–Crippen LogP) is 1.98. The molecule has 1 aromatic carbocycles. The molecule has 0 unspecified atom stereocenters. The molecule has 0 saturated carbocycles. The zero-order valence-electron chi connectivity index (χ0n) is 12.6. The van der Waals surface area contributed by atoms with E-state index < -0.39 is 6.29 Å². The van der Waals surface area contributed by atoms with E-state index in [0.29, 0.717) is 23.1 Å². The Labute approximate surface area is 134 Å². The van der Waals surface area contributed by atoms with Crippen LogP contribution in [0.15, 0.2) is 35.5 Å². The van der Waals surface area contributed by atoms with E-state index in [2.05, 4.69) is 19.6 Å². The minimum Gasteiger partial charge on any atom is -0.395 e. The number of ether oxygens (including phenoxy) is 2. The van der Waals surface area contributed by atoms with Crippen molar-refractivity contribution >= 4 is 11.0 Å². The minimum atomic E-state index is -3.70. The largest absolute Gasteiger partial charge is 0.586 e. The van der Waals surface area contributed by atoms with E-state index in [0.717, 1.165) is 0 Å². The third-order valence-electron chi connectivity index (χ3n) is 3.77. The highest BCUT2D eigenvalue weighted by atomic mass is 19.3. The Morgan fingerprint density at radius 3 is 2.92 bits per heavy atom. The lowest BCUT2D eigenvalue weighted by Crippen LogP contribution is -2.26. The first-order chi connectivity index (χ1) is 11.5. The molecule has 0 saturated heterocycles. The number of halogens is 2. The summed E-state index contributed by atoms with van der Waals surface area (Å²) in [4.78, 5) is 16.8. The first kappa shape index (κ1) is 14.6. The fourth-order valence-corrected chi connectivity index (χ4v) is 2.67. The molecule has 0 radical (unpaired) electrons. The number of hydrogen-bond acceptors (Lipinski definition) is 5. The summed E-state index contributed by atoms with van der Waals surface area (Å²) in [7, 11) is 0. The highest BCUT2D eigenvalue weighted by Crippen LogP contribution is 2.43. The van der Waals surface area contributed by atoms with Crippen molar-refractivity contribution in [3.05, 3.63) is 46.6 Å². The predicted molar refractivity (Wildman–Crippen MR) is 79.2 cm³/mol. The van der Waals surface area contributed by atoms with Crippen molar-refractivity contribution in [1.82, 2.24) is 19.3 Å². The van der Waals surface area contributed by atoms with Crippen molar-refractivity contribution in [3.63, 3.8) is 0 Å². The van der Waals surface area contributed by atoms with Gasteiger partial charge in [0, 0.05) is 12.1 Å². The highest BCUT2D eigenvalue weighted by molar-refractivity contribution is 5.72. The zero-order chi connectivity index (χ0) is 16.9. The minimum absolute atomic E-state index is 0.0295. The summed E-state index contributed by atoms with van der Waals surface area (Å²) in [5.41, 5.74) is 0.585. The van der Waals surface area contributed by atoms with E-state index in [-0.39, 0.29) is 23.6 Å². The molecule has 4 rings (SSSR count). The Hall–Kier alpha value is -2.97. The molecular weight excluding hydrogens is 322 g/mol. The van der Waals surface area contributed by atoms with E-state index in [4.69, 9.17) is 0 Å². The van der Waals surface area contributed by atoms with Gasteiger partial charge in [0.1, 0.15) is 11.7 Å². The maximum absolute atomic E-state index is 13.2. The summed E-state index contributed by atoms with van der Waals surface area (Å²) in [5.74, 6) is -0.128. The lowest BCUT2D eigenvalue weighted by Gasteiger charge is -2.09. The van der Waals surface area contributed by atoms with Crippen LogP contribution in [0, 0.1) is 0 Å². The molecule has 24 heavy (non-hydrogen) atoms. The fourth-order valence-electron chi connectivity index (χ4n) is 2.67. The molecule has 0 N–H and O–H groups in total. The first-order valence-electron chi connectivity index (χ1n) is 7.27. The Balaban J connectivity index is 1.76. The van der Waals surface area contributed by atoms with Crippen LogP contribution in [0.4, 0.5) is 8.78 Å². The average Bonchev–Trinajstić information content (AvgIpc) is 3.09. The van der Waals surface area contributed by atoms with Crippen molar-refractivity contribution in [2.24, 2.45) is 0 Å². The van der Waals surface area contributed by atoms with Crippen molar-refractivity contribution in [2.75, 3.05) is 0 Å². The second-order valence-corrected chi connectivity index (χ2v) is 5.29. The van der Waals surface area contributed by atoms with Gasteiger partial charge in [-0.2, -0.15) is 5.10 Å². The summed E-state index contributed by atoms with van der Waals surface area (Å²) < 4.78 is 38.4. The number of rotatable bonds is 3. The third-order valence-corrected chi connectivity index (χ3v) is 3.77. The van der Waals surface area contributed by atoms with E-state index in [1.165, 1.54) is 23.2 Å². The zero-order valence-corrected chi connectivity index (χ0v) is 12.6. The van der Waals surface area contributed by atoms with Crippen LogP contribution in [0.25, 0.3) is 11.0 Å². The summed E-state index contributed by atoms with van der Waals surface area (Å²) in [6.07, 6.45) is -0.881. The number of alkyl halides is 2. The molecule has 124 valence electrons. The molecule has 0 amide bonds. The van der Waals surface area contributed by atoms with E-state index in [9.17, 15) is 13.6 Å². The molecule has 3 aromatic rings. The SMILES string of the molecule is CCn1ncc2c(=O)n(Cc3cccc4c3OC(F)(F)O4)cnc21. The Kier molecular flexibility index (Phi) is 3.05. The van der Waals surface area contributed by atoms with Gasteiger partial charge in [0.25, 0.3) is 5.56 Å². The van der Waals surface area contributed by atoms with Crippen LogP contribution in [0.2, 0.25) is 0 Å². The van der Waals surface area contributed by atoms with Gasteiger partial charge in [0.2, 0.25) is 0 Å².